The van der Waals surface area contributed by atoms with Gasteiger partial charge in [0.2, 0.25) is 5.43 Å². The zero-order chi connectivity index (χ0) is 20.4. The smallest absolute Gasteiger partial charge is 0.278 e. The third-order valence-corrected chi connectivity index (χ3v) is 5.20. The summed E-state index contributed by atoms with van der Waals surface area (Å²) in [6, 6.07) is 13.6. The van der Waals surface area contributed by atoms with E-state index >= 15 is 0 Å². The van der Waals surface area contributed by atoms with Crippen molar-refractivity contribution in [1.82, 2.24) is 14.7 Å². The van der Waals surface area contributed by atoms with E-state index in [1.807, 2.05) is 0 Å². The van der Waals surface area contributed by atoms with Crippen molar-refractivity contribution in [3.63, 3.8) is 0 Å². The fourth-order valence-electron chi connectivity index (χ4n) is 2.73. The Hall–Kier alpha value is -2.34. The minimum Gasteiger partial charge on any atom is -0.336 e. The highest BCUT2D eigenvalue weighted by molar-refractivity contribution is 6.42. The van der Waals surface area contributed by atoms with Crippen LogP contribution in [0.15, 0.2) is 53.3 Å². The van der Waals surface area contributed by atoms with E-state index in [4.69, 9.17) is 34.8 Å². The minimum absolute atomic E-state index is 0.187. The first-order valence-corrected chi connectivity index (χ1v) is 9.46. The molecule has 0 atom stereocenters. The molecule has 0 spiro atoms. The molecule has 28 heavy (non-hydrogen) atoms. The van der Waals surface area contributed by atoms with E-state index in [0.717, 1.165) is 5.56 Å². The second-order valence-electron chi connectivity index (χ2n) is 6.27. The minimum atomic E-state index is -0.503. The summed E-state index contributed by atoms with van der Waals surface area (Å²) in [6.07, 6.45) is 0. The second kappa shape index (κ2) is 8.35. The molecule has 144 valence electrons. The van der Waals surface area contributed by atoms with Gasteiger partial charge in [-0.25, -0.2) is 4.68 Å². The summed E-state index contributed by atoms with van der Waals surface area (Å²) in [6.45, 7) is 1.97. The lowest BCUT2D eigenvalue weighted by atomic mass is 10.2. The summed E-state index contributed by atoms with van der Waals surface area (Å²) in [5, 5.41) is 5.57. The molecule has 1 aromatic heterocycles. The van der Waals surface area contributed by atoms with Gasteiger partial charge < -0.3 is 4.90 Å². The van der Waals surface area contributed by atoms with E-state index in [-0.39, 0.29) is 12.2 Å². The molecular weight excluding hydrogens is 421 g/mol. The molecule has 8 heteroatoms. The molecule has 0 saturated heterocycles. The SMILES string of the molecule is Cc1cc(=O)c(C(=O)N(C)Cc2ccc(Cl)c(Cl)c2)nn1-c1ccccc1Cl. The highest BCUT2D eigenvalue weighted by atomic mass is 35.5. The standard InChI is InChI=1S/C20H16Cl3N3O2/c1-12-9-18(27)19(24-26(12)17-6-4-3-5-15(17)22)20(28)25(2)11-13-7-8-14(21)16(23)10-13/h3-10H,11H2,1-2H3. The van der Waals surface area contributed by atoms with Crippen molar-refractivity contribution in [2.24, 2.45) is 0 Å². The summed E-state index contributed by atoms with van der Waals surface area (Å²) in [5.41, 5.74) is 1.30. The van der Waals surface area contributed by atoms with Crippen LogP contribution < -0.4 is 5.43 Å². The van der Waals surface area contributed by atoms with Gasteiger partial charge in [0, 0.05) is 25.4 Å². The van der Waals surface area contributed by atoms with Crippen LogP contribution >= 0.6 is 34.8 Å². The third kappa shape index (κ3) is 4.22. The van der Waals surface area contributed by atoms with E-state index in [1.165, 1.54) is 15.6 Å². The number of rotatable bonds is 4. The molecule has 0 aliphatic heterocycles. The van der Waals surface area contributed by atoms with Crippen LogP contribution in [0.1, 0.15) is 21.7 Å². The first-order valence-electron chi connectivity index (χ1n) is 8.33. The predicted molar refractivity (Wildman–Crippen MR) is 112 cm³/mol. The van der Waals surface area contributed by atoms with Crippen LogP contribution in [0.4, 0.5) is 0 Å². The van der Waals surface area contributed by atoms with Gasteiger partial charge in [0.25, 0.3) is 5.91 Å². The molecule has 0 aliphatic carbocycles. The Morgan fingerprint density at radius 2 is 1.75 bits per heavy atom. The highest BCUT2D eigenvalue weighted by Gasteiger charge is 2.20. The van der Waals surface area contributed by atoms with E-state index in [1.54, 1.807) is 56.4 Å². The van der Waals surface area contributed by atoms with Gasteiger partial charge in [-0.2, -0.15) is 5.10 Å². The molecule has 2 aromatic carbocycles. The van der Waals surface area contributed by atoms with Gasteiger partial charge >= 0.3 is 0 Å². The van der Waals surface area contributed by atoms with Gasteiger partial charge in [-0.1, -0.05) is 53.0 Å². The zero-order valence-electron chi connectivity index (χ0n) is 15.1. The van der Waals surface area contributed by atoms with Crippen molar-refractivity contribution in [2.75, 3.05) is 7.05 Å². The number of carbonyl (C=O) groups excluding carboxylic acids is 1. The topological polar surface area (TPSA) is 55.2 Å². The molecule has 5 nitrogen and oxygen atoms in total. The predicted octanol–water partition coefficient (Wildman–Crippen LogP) is 4.77. The molecule has 0 unspecified atom stereocenters. The van der Waals surface area contributed by atoms with Gasteiger partial charge in [-0.3, -0.25) is 9.59 Å². The molecule has 0 bridgehead atoms. The number of carbonyl (C=O) groups is 1. The number of para-hydroxylation sites is 1. The first kappa shape index (κ1) is 20.4. The number of hydrogen-bond acceptors (Lipinski definition) is 3. The van der Waals surface area contributed by atoms with Crippen LogP contribution in [-0.4, -0.2) is 27.6 Å². The monoisotopic (exact) mass is 435 g/mol. The average molecular weight is 437 g/mol. The number of amides is 1. The Kier molecular flexibility index (Phi) is 6.08. The number of aryl methyl sites for hydroxylation is 1. The van der Waals surface area contributed by atoms with Gasteiger partial charge in [0.15, 0.2) is 5.69 Å². The molecule has 0 saturated carbocycles. The van der Waals surface area contributed by atoms with Gasteiger partial charge in [0.1, 0.15) is 0 Å². The Morgan fingerprint density at radius 3 is 2.43 bits per heavy atom. The van der Waals surface area contributed by atoms with Crippen LogP contribution in [-0.2, 0) is 6.54 Å². The number of halogens is 3. The molecule has 0 N–H and O–H groups in total. The summed E-state index contributed by atoms with van der Waals surface area (Å²) in [4.78, 5) is 26.7. The van der Waals surface area contributed by atoms with Crippen molar-refractivity contribution < 1.29 is 4.79 Å². The Morgan fingerprint density at radius 1 is 1.04 bits per heavy atom. The van der Waals surface area contributed by atoms with Crippen molar-refractivity contribution in [3.8, 4) is 5.69 Å². The fourth-order valence-corrected chi connectivity index (χ4v) is 3.26. The fraction of sp³-hybridized carbons (Fsp3) is 0.150. The number of hydrogen-bond donors (Lipinski definition) is 0. The molecule has 0 radical (unpaired) electrons. The normalized spacial score (nSPS) is 10.8. The Bertz CT molecular complexity index is 1110. The van der Waals surface area contributed by atoms with E-state index in [2.05, 4.69) is 5.10 Å². The molecule has 0 fully saturated rings. The van der Waals surface area contributed by atoms with Gasteiger partial charge in [-0.15, -0.1) is 0 Å². The molecule has 3 rings (SSSR count). The second-order valence-corrected chi connectivity index (χ2v) is 7.49. The molecule has 0 aliphatic rings. The van der Waals surface area contributed by atoms with Gasteiger partial charge in [-0.05, 0) is 36.8 Å². The number of nitrogens with zero attached hydrogens (tertiary/aromatic N) is 3. The third-order valence-electron chi connectivity index (χ3n) is 4.14. The molecule has 3 aromatic rings. The first-order chi connectivity index (χ1) is 13.3. The largest absolute Gasteiger partial charge is 0.336 e. The quantitative estimate of drug-likeness (QED) is 0.592. The van der Waals surface area contributed by atoms with Crippen LogP contribution in [0.2, 0.25) is 15.1 Å². The average Bonchev–Trinajstić information content (AvgIpc) is 2.65. The summed E-state index contributed by atoms with van der Waals surface area (Å²) in [5.74, 6) is -0.503. The maximum Gasteiger partial charge on any atom is 0.278 e. The van der Waals surface area contributed by atoms with Gasteiger partial charge in [0.05, 0.1) is 20.8 Å². The van der Waals surface area contributed by atoms with Crippen molar-refractivity contribution in [2.45, 2.75) is 13.5 Å². The summed E-state index contributed by atoms with van der Waals surface area (Å²) >= 11 is 18.2. The maximum absolute atomic E-state index is 12.9. The summed E-state index contributed by atoms with van der Waals surface area (Å²) < 4.78 is 1.49. The van der Waals surface area contributed by atoms with E-state index < -0.39 is 11.3 Å². The van der Waals surface area contributed by atoms with Crippen LogP contribution in [0.3, 0.4) is 0 Å². The lowest BCUT2D eigenvalue weighted by Crippen LogP contribution is -2.33. The Balaban J connectivity index is 1.95. The number of benzene rings is 2. The van der Waals surface area contributed by atoms with E-state index in [9.17, 15) is 9.59 Å². The molecule has 1 amide bonds. The van der Waals surface area contributed by atoms with Crippen molar-refractivity contribution >= 4 is 40.7 Å². The van der Waals surface area contributed by atoms with Crippen LogP contribution in [0, 0.1) is 6.92 Å². The van der Waals surface area contributed by atoms with Crippen LogP contribution in [0.5, 0.6) is 0 Å². The molecule has 1 heterocycles. The zero-order valence-corrected chi connectivity index (χ0v) is 17.4. The lowest BCUT2D eigenvalue weighted by molar-refractivity contribution is 0.0776. The van der Waals surface area contributed by atoms with Crippen molar-refractivity contribution in [1.29, 1.82) is 0 Å². The van der Waals surface area contributed by atoms with E-state index in [0.29, 0.717) is 26.4 Å². The number of aromatic nitrogens is 2. The maximum atomic E-state index is 12.9. The lowest BCUT2D eigenvalue weighted by Gasteiger charge is -2.18. The van der Waals surface area contributed by atoms with Crippen molar-refractivity contribution in [3.05, 3.63) is 90.8 Å². The highest BCUT2D eigenvalue weighted by Crippen LogP contribution is 2.23. The summed E-state index contributed by atoms with van der Waals surface area (Å²) in [7, 11) is 1.59. The Labute approximate surface area is 177 Å². The molecular formula is C20H16Cl3N3O2. The van der Waals surface area contributed by atoms with Crippen LogP contribution in [0.25, 0.3) is 5.69 Å².